The van der Waals surface area contributed by atoms with E-state index in [-0.39, 0.29) is 0 Å². The van der Waals surface area contributed by atoms with Crippen molar-refractivity contribution in [2.75, 3.05) is 18.5 Å². The maximum atomic E-state index is 5.79. The van der Waals surface area contributed by atoms with Gasteiger partial charge >= 0.3 is 0 Å². The van der Waals surface area contributed by atoms with Crippen molar-refractivity contribution in [3.8, 4) is 11.5 Å². The largest absolute Gasteiger partial charge is 0.493 e. The molecule has 0 radical (unpaired) electrons. The number of hydrogen-bond donors (Lipinski definition) is 0. The Balaban J connectivity index is 2.80. The van der Waals surface area contributed by atoms with Crippen molar-refractivity contribution in [1.82, 2.24) is 0 Å². The Morgan fingerprint density at radius 2 is 1.50 bits per heavy atom. The molecule has 20 heavy (non-hydrogen) atoms. The van der Waals surface area contributed by atoms with Gasteiger partial charge in [-0.1, -0.05) is 49.2 Å². The lowest BCUT2D eigenvalue weighted by atomic mass is 10.1. The highest BCUT2D eigenvalue weighted by Gasteiger charge is 2.06. The van der Waals surface area contributed by atoms with Gasteiger partial charge in [0.1, 0.15) is 11.5 Å². The van der Waals surface area contributed by atoms with Gasteiger partial charge in [0.15, 0.2) is 0 Å². The molecule has 0 fully saturated rings. The van der Waals surface area contributed by atoms with Crippen molar-refractivity contribution in [3.63, 3.8) is 0 Å². The Labute approximate surface area is 131 Å². The van der Waals surface area contributed by atoms with E-state index in [9.17, 15) is 0 Å². The van der Waals surface area contributed by atoms with Crippen LogP contribution < -0.4 is 9.47 Å². The molecule has 0 saturated heterocycles. The molecule has 0 aliphatic heterocycles. The smallest absolute Gasteiger partial charge is 0.123 e. The standard InChI is InChI=1S/C17H25BrO2/c1-4-6-8-19-16-10-15(14(3)13-18)11-17(12-16)20-9-7-5-2/h10-12H,3-9,13H2,1-2H3. The summed E-state index contributed by atoms with van der Waals surface area (Å²) in [5.41, 5.74) is 2.11. The van der Waals surface area contributed by atoms with Crippen LogP contribution in [-0.4, -0.2) is 18.5 Å². The van der Waals surface area contributed by atoms with Crippen LogP contribution >= 0.6 is 15.9 Å². The van der Waals surface area contributed by atoms with E-state index in [2.05, 4.69) is 36.4 Å². The van der Waals surface area contributed by atoms with Crippen molar-refractivity contribution >= 4 is 21.5 Å². The minimum atomic E-state index is 0.745. The number of rotatable bonds is 10. The van der Waals surface area contributed by atoms with E-state index in [0.29, 0.717) is 0 Å². The molecule has 0 N–H and O–H groups in total. The van der Waals surface area contributed by atoms with Gasteiger partial charge in [-0.05, 0) is 36.1 Å². The third-order valence-corrected chi connectivity index (χ3v) is 3.66. The molecule has 1 rings (SSSR count). The second-order valence-electron chi connectivity index (χ2n) is 4.83. The summed E-state index contributed by atoms with van der Waals surface area (Å²) in [4.78, 5) is 0. The second-order valence-corrected chi connectivity index (χ2v) is 5.40. The highest BCUT2D eigenvalue weighted by Crippen LogP contribution is 2.28. The van der Waals surface area contributed by atoms with Crippen LogP contribution in [0.15, 0.2) is 24.8 Å². The molecule has 112 valence electrons. The molecule has 1 aromatic rings. The fourth-order valence-corrected chi connectivity index (χ4v) is 2.01. The molecule has 0 atom stereocenters. The van der Waals surface area contributed by atoms with Crippen LogP contribution in [0.4, 0.5) is 0 Å². The van der Waals surface area contributed by atoms with Crippen LogP contribution in [0.25, 0.3) is 5.57 Å². The maximum Gasteiger partial charge on any atom is 0.123 e. The fraction of sp³-hybridized carbons (Fsp3) is 0.529. The Morgan fingerprint density at radius 3 is 1.90 bits per heavy atom. The molecule has 0 bridgehead atoms. The normalized spacial score (nSPS) is 10.3. The first kappa shape index (κ1) is 17.1. The van der Waals surface area contributed by atoms with Crippen LogP contribution in [0.2, 0.25) is 0 Å². The zero-order valence-corrected chi connectivity index (χ0v) is 14.2. The number of unbranched alkanes of at least 4 members (excludes halogenated alkanes) is 2. The van der Waals surface area contributed by atoms with Crippen molar-refractivity contribution in [2.24, 2.45) is 0 Å². The Kier molecular flexibility index (Phi) is 8.43. The fourth-order valence-electron chi connectivity index (χ4n) is 1.69. The van der Waals surface area contributed by atoms with Crippen LogP contribution in [0.5, 0.6) is 11.5 Å². The van der Waals surface area contributed by atoms with E-state index in [1.165, 1.54) is 0 Å². The topological polar surface area (TPSA) is 18.5 Å². The van der Waals surface area contributed by atoms with Gasteiger partial charge in [-0.3, -0.25) is 0 Å². The van der Waals surface area contributed by atoms with E-state index in [1.807, 2.05) is 18.2 Å². The quantitative estimate of drug-likeness (QED) is 0.416. The van der Waals surface area contributed by atoms with Crippen molar-refractivity contribution < 1.29 is 9.47 Å². The molecule has 0 aromatic heterocycles. The molecule has 2 nitrogen and oxygen atoms in total. The third-order valence-electron chi connectivity index (χ3n) is 2.98. The van der Waals surface area contributed by atoms with Crippen molar-refractivity contribution in [2.45, 2.75) is 39.5 Å². The zero-order valence-electron chi connectivity index (χ0n) is 12.6. The van der Waals surface area contributed by atoms with Crippen molar-refractivity contribution in [3.05, 3.63) is 30.3 Å². The number of hydrogen-bond acceptors (Lipinski definition) is 2. The molecule has 1 aromatic carbocycles. The molecule has 0 unspecified atom stereocenters. The van der Waals surface area contributed by atoms with E-state index in [1.54, 1.807) is 0 Å². The van der Waals surface area contributed by atoms with Crippen LogP contribution in [0.3, 0.4) is 0 Å². The molecule has 3 heteroatoms. The summed E-state index contributed by atoms with van der Waals surface area (Å²) in [7, 11) is 0. The summed E-state index contributed by atoms with van der Waals surface area (Å²) in [5, 5.41) is 0.750. The average Bonchev–Trinajstić information content (AvgIpc) is 2.47. The second kappa shape index (κ2) is 9.87. The zero-order chi connectivity index (χ0) is 14.8. The van der Waals surface area contributed by atoms with Crippen LogP contribution in [-0.2, 0) is 0 Å². The average molecular weight is 341 g/mol. The van der Waals surface area contributed by atoms with Gasteiger partial charge in [0.05, 0.1) is 13.2 Å². The SMILES string of the molecule is C=C(CBr)c1cc(OCCCC)cc(OCCCC)c1. The molecule has 0 spiro atoms. The Hall–Kier alpha value is -0.960. The molecule has 0 amide bonds. The van der Waals surface area contributed by atoms with E-state index in [0.717, 1.165) is 66.9 Å². The minimum Gasteiger partial charge on any atom is -0.493 e. The van der Waals surface area contributed by atoms with Crippen LogP contribution in [0.1, 0.15) is 45.1 Å². The lowest BCUT2D eigenvalue weighted by molar-refractivity contribution is 0.294. The summed E-state index contributed by atoms with van der Waals surface area (Å²) in [6.07, 6.45) is 4.40. The lowest BCUT2D eigenvalue weighted by Crippen LogP contribution is -2.00. The third kappa shape index (κ3) is 6.00. The van der Waals surface area contributed by atoms with Crippen molar-refractivity contribution in [1.29, 1.82) is 0 Å². The van der Waals surface area contributed by atoms with Crippen LogP contribution in [0, 0.1) is 0 Å². The van der Waals surface area contributed by atoms with Gasteiger partial charge < -0.3 is 9.47 Å². The summed E-state index contributed by atoms with van der Waals surface area (Å²) in [6, 6.07) is 6.04. The first-order valence-corrected chi connectivity index (χ1v) is 8.48. The summed E-state index contributed by atoms with van der Waals surface area (Å²) < 4.78 is 11.6. The monoisotopic (exact) mass is 340 g/mol. The highest BCUT2D eigenvalue weighted by atomic mass is 79.9. The highest BCUT2D eigenvalue weighted by molar-refractivity contribution is 9.09. The first-order valence-electron chi connectivity index (χ1n) is 7.36. The predicted octanol–water partition coefficient (Wildman–Crippen LogP) is 5.45. The Bertz CT molecular complexity index is 387. The molecular weight excluding hydrogens is 316 g/mol. The number of ether oxygens (including phenoxy) is 2. The summed E-state index contributed by atoms with van der Waals surface area (Å²) in [5.74, 6) is 1.73. The molecular formula is C17H25BrO2. The molecule has 0 saturated carbocycles. The number of alkyl halides is 1. The molecule has 0 aliphatic carbocycles. The lowest BCUT2D eigenvalue weighted by Gasteiger charge is -2.12. The number of benzene rings is 1. The molecule has 0 heterocycles. The van der Waals surface area contributed by atoms with Gasteiger partial charge in [0.25, 0.3) is 0 Å². The first-order chi connectivity index (χ1) is 9.71. The maximum absolute atomic E-state index is 5.79. The van der Waals surface area contributed by atoms with Gasteiger partial charge in [-0.25, -0.2) is 0 Å². The van der Waals surface area contributed by atoms with Gasteiger partial charge in [-0.2, -0.15) is 0 Å². The van der Waals surface area contributed by atoms with Gasteiger partial charge in [0, 0.05) is 11.4 Å². The van der Waals surface area contributed by atoms with E-state index < -0.39 is 0 Å². The van der Waals surface area contributed by atoms with Gasteiger partial charge in [-0.15, -0.1) is 0 Å². The Morgan fingerprint density at radius 1 is 1.00 bits per heavy atom. The number of allylic oxidation sites excluding steroid dienone is 1. The predicted molar refractivity (Wildman–Crippen MR) is 90.1 cm³/mol. The minimum absolute atomic E-state index is 0.745. The molecule has 0 aliphatic rings. The summed E-state index contributed by atoms with van der Waals surface area (Å²) >= 11 is 3.45. The van der Waals surface area contributed by atoms with E-state index >= 15 is 0 Å². The summed E-state index contributed by atoms with van der Waals surface area (Å²) in [6.45, 7) is 9.87. The van der Waals surface area contributed by atoms with Gasteiger partial charge in [0.2, 0.25) is 0 Å². The van der Waals surface area contributed by atoms with E-state index in [4.69, 9.17) is 9.47 Å². The number of halogens is 1.